The number of nitro benzene ring substituents is 1. The monoisotopic (exact) mass is 224 g/mol. The Labute approximate surface area is 92.2 Å². The van der Waals surface area contributed by atoms with Gasteiger partial charge in [0.25, 0.3) is 5.69 Å². The second-order valence-electron chi connectivity index (χ2n) is 3.30. The molecular formula is C10H12N2O4. The molecule has 1 rings (SSSR count). The molecule has 0 amide bonds. The van der Waals surface area contributed by atoms with E-state index >= 15 is 0 Å². The molecule has 0 fully saturated rings. The van der Waals surface area contributed by atoms with Crippen molar-refractivity contribution < 1.29 is 14.5 Å². The number of ether oxygens (including phenoxy) is 1. The van der Waals surface area contributed by atoms with Crippen molar-refractivity contribution in [3.63, 3.8) is 0 Å². The molecule has 1 aromatic carbocycles. The molecule has 0 aliphatic rings. The van der Waals surface area contributed by atoms with Crippen molar-refractivity contribution >= 4 is 17.3 Å². The summed E-state index contributed by atoms with van der Waals surface area (Å²) in [5.74, 6) is -0.442. The first kappa shape index (κ1) is 12.0. The zero-order valence-corrected chi connectivity index (χ0v) is 9.02. The Morgan fingerprint density at radius 3 is 2.69 bits per heavy atom. The van der Waals surface area contributed by atoms with Crippen molar-refractivity contribution in [3.05, 3.63) is 33.4 Å². The number of rotatable bonds is 3. The first-order valence-electron chi connectivity index (χ1n) is 4.56. The molecule has 0 bridgehead atoms. The predicted octanol–water partition coefficient (Wildman–Crippen LogP) is 1.20. The van der Waals surface area contributed by atoms with E-state index in [1.54, 1.807) is 13.0 Å². The molecule has 0 saturated heterocycles. The number of nitrogen functional groups attached to an aromatic ring is 1. The van der Waals surface area contributed by atoms with E-state index < -0.39 is 10.9 Å². The van der Waals surface area contributed by atoms with Gasteiger partial charge in [0.1, 0.15) is 5.69 Å². The fraction of sp³-hybridized carbons (Fsp3) is 0.300. The van der Waals surface area contributed by atoms with E-state index in [9.17, 15) is 14.9 Å². The Hall–Kier alpha value is -2.11. The molecule has 2 N–H and O–H groups in total. The number of anilines is 1. The van der Waals surface area contributed by atoms with Crippen molar-refractivity contribution in [1.82, 2.24) is 0 Å². The molecule has 0 aliphatic heterocycles. The van der Waals surface area contributed by atoms with Crippen LogP contribution in [0.3, 0.4) is 0 Å². The third-order valence-corrected chi connectivity index (χ3v) is 2.32. The van der Waals surface area contributed by atoms with Crippen LogP contribution < -0.4 is 5.73 Å². The Kier molecular flexibility index (Phi) is 3.44. The van der Waals surface area contributed by atoms with Crippen LogP contribution in [-0.2, 0) is 16.0 Å². The van der Waals surface area contributed by atoms with E-state index in [0.717, 1.165) is 0 Å². The van der Waals surface area contributed by atoms with Gasteiger partial charge in [-0.25, -0.2) is 0 Å². The van der Waals surface area contributed by atoms with Gasteiger partial charge in [0.05, 0.1) is 18.5 Å². The van der Waals surface area contributed by atoms with Gasteiger partial charge in [-0.3, -0.25) is 14.9 Å². The second-order valence-corrected chi connectivity index (χ2v) is 3.30. The van der Waals surface area contributed by atoms with E-state index in [0.29, 0.717) is 11.1 Å². The third kappa shape index (κ3) is 2.28. The fourth-order valence-electron chi connectivity index (χ4n) is 1.42. The number of carbonyl (C=O) groups is 1. The van der Waals surface area contributed by atoms with Gasteiger partial charge >= 0.3 is 5.97 Å². The summed E-state index contributed by atoms with van der Waals surface area (Å²) in [6, 6.07) is 3.01. The van der Waals surface area contributed by atoms with Crippen LogP contribution in [0, 0.1) is 17.0 Å². The van der Waals surface area contributed by atoms with E-state index in [-0.39, 0.29) is 17.8 Å². The molecule has 0 radical (unpaired) electrons. The summed E-state index contributed by atoms with van der Waals surface area (Å²) < 4.78 is 4.50. The molecule has 0 saturated carbocycles. The summed E-state index contributed by atoms with van der Waals surface area (Å²) >= 11 is 0. The number of esters is 1. The van der Waals surface area contributed by atoms with Crippen LogP contribution in [0.1, 0.15) is 11.1 Å². The van der Waals surface area contributed by atoms with Gasteiger partial charge in [-0.1, -0.05) is 6.07 Å². The summed E-state index contributed by atoms with van der Waals surface area (Å²) in [7, 11) is 1.27. The molecule has 6 nitrogen and oxygen atoms in total. The maximum absolute atomic E-state index is 11.1. The summed E-state index contributed by atoms with van der Waals surface area (Å²) in [5.41, 5.74) is 6.39. The smallest absolute Gasteiger partial charge is 0.309 e. The number of methoxy groups -OCH3 is 1. The van der Waals surface area contributed by atoms with Crippen LogP contribution in [0.4, 0.5) is 11.4 Å². The average molecular weight is 224 g/mol. The molecule has 0 heterocycles. The van der Waals surface area contributed by atoms with Crippen molar-refractivity contribution in [2.45, 2.75) is 13.3 Å². The minimum absolute atomic E-state index is 0.00343. The standard InChI is InChI=1S/C10H12N2O4/c1-6-7(5-9(13)16-2)3-4-8(11)10(6)12(14)15/h3-4H,5,11H2,1-2H3. The summed E-state index contributed by atoms with van der Waals surface area (Å²) in [5, 5.41) is 10.8. The largest absolute Gasteiger partial charge is 0.469 e. The molecule has 6 heteroatoms. The quantitative estimate of drug-likeness (QED) is 0.360. The lowest BCUT2D eigenvalue weighted by atomic mass is 10.0. The highest BCUT2D eigenvalue weighted by molar-refractivity contribution is 5.75. The van der Waals surface area contributed by atoms with Crippen LogP contribution in [0.25, 0.3) is 0 Å². The molecule has 0 unspecified atom stereocenters. The number of hydrogen-bond acceptors (Lipinski definition) is 5. The first-order valence-corrected chi connectivity index (χ1v) is 4.56. The van der Waals surface area contributed by atoms with Crippen molar-refractivity contribution in [1.29, 1.82) is 0 Å². The lowest BCUT2D eigenvalue weighted by Gasteiger charge is -2.06. The fourth-order valence-corrected chi connectivity index (χ4v) is 1.42. The maximum atomic E-state index is 11.1. The topological polar surface area (TPSA) is 95.5 Å². The molecule has 16 heavy (non-hydrogen) atoms. The van der Waals surface area contributed by atoms with Crippen molar-refractivity contribution in [2.24, 2.45) is 0 Å². The molecule has 1 aromatic rings. The summed E-state index contributed by atoms with van der Waals surface area (Å²) in [4.78, 5) is 21.3. The van der Waals surface area contributed by atoms with Gasteiger partial charge in [0.2, 0.25) is 0 Å². The van der Waals surface area contributed by atoms with Crippen molar-refractivity contribution in [2.75, 3.05) is 12.8 Å². The third-order valence-electron chi connectivity index (χ3n) is 2.32. The van der Waals surface area contributed by atoms with Crippen LogP contribution in [0.2, 0.25) is 0 Å². The van der Waals surface area contributed by atoms with Crippen LogP contribution in [-0.4, -0.2) is 18.0 Å². The van der Waals surface area contributed by atoms with Crippen LogP contribution in [0.15, 0.2) is 12.1 Å². The highest BCUT2D eigenvalue weighted by Gasteiger charge is 2.19. The highest BCUT2D eigenvalue weighted by Crippen LogP contribution is 2.28. The SMILES string of the molecule is COC(=O)Cc1ccc(N)c([N+](=O)[O-])c1C. The molecule has 0 atom stereocenters. The van der Waals surface area contributed by atoms with Gasteiger partial charge in [0, 0.05) is 5.56 Å². The zero-order valence-electron chi connectivity index (χ0n) is 9.02. The molecule has 0 aromatic heterocycles. The van der Waals surface area contributed by atoms with E-state index in [1.165, 1.54) is 13.2 Å². The van der Waals surface area contributed by atoms with Crippen LogP contribution >= 0.6 is 0 Å². The van der Waals surface area contributed by atoms with Crippen LogP contribution in [0.5, 0.6) is 0 Å². The lowest BCUT2D eigenvalue weighted by molar-refractivity contribution is -0.384. The van der Waals surface area contributed by atoms with Gasteiger partial charge in [0.15, 0.2) is 0 Å². The van der Waals surface area contributed by atoms with Gasteiger partial charge in [-0.2, -0.15) is 0 Å². The zero-order chi connectivity index (χ0) is 12.3. The average Bonchev–Trinajstić information content (AvgIpc) is 2.21. The number of nitrogens with zero attached hydrogens (tertiary/aromatic N) is 1. The highest BCUT2D eigenvalue weighted by atomic mass is 16.6. The summed E-state index contributed by atoms with van der Waals surface area (Å²) in [6.45, 7) is 1.56. The van der Waals surface area contributed by atoms with Gasteiger partial charge in [-0.05, 0) is 18.6 Å². The van der Waals surface area contributed by atoms with E-state index in [1.807, 2.05) is 0 Å². The minimum Gasteiger partial charge on any atom is -0.469 e. The lowest BCUT2D eigenvalue weighted by Crippen LogP contribution is -2.08. The number of hydrogen-bond donors (Lipinski definition) is 1. The predicted molar refractivity (Wildman–Crippen MR) is 58.0 cm³/mol. The Balaban J connectivity index is 3.18. The first-order chi connectivity index (χ1) is 7.47. The van der Waals surface area contributed by atoms with Gasteiger partial charge < -0.3 is 10.5 Å². The normalized spacial score (nSPS) is 9.88. The molecule has 0 aliphatic carbocycles. The Morgan fingerprint density at radius 2 is 2.19 bits per heavy atom. The van der Waals surface area contributed by atoms with E-state index in [2.05, 4.69) is 4.74 Å². The Morgan fingerprint density at radius 1 is 1.56 bits per heavy atom. The second kappa shape index (κ2) is 4.61. The number of nitro groups is 1. The summed E-state index contributed by atoms with van der Waals surface area (Å²) in [6.07, 6.45) is 0.00343. The van der Waals surface area contributed by atoms with Crippen molar-refractivity contribution in [3.8, 4) is 0 Å². The Bertz CT molecular complexity index is 443. The minimum atomic E-state index is -0.550. The number of nitrogens with two attached hydrogens (primary N) is 1. The number of carbonyl (C=O) groups excluding carboxylic acids is 1. The molecule has 86 valence electrons. The van der Waals surface area contributed by atoms with E-state index in [4.69, 9.17) is 5.73 Å². The molecule has 0 spiro atoms. The molecular weight excluding hydrogens is 212 g/mol. The number of benzene rings is 1. The maximum Gasteiger partial charge on any atom is 0.309 e. The van der Waals surface area contributed by atoms with Gasteiger partial charge in [-0.15, -0.1) is 0 Å².